The summed E-state index contributed by atoms with van der Waals surface area (Å²) in [7, 11) is 0. The van der Waals surface area contributed by atoms with Gasteiger partial charge in [0.05, 0.1) is 0 Å². The van der Waals surface area contributed by atoms with Crippen LogP contribution in [0.25, 0.3) is 0 Å². The topological polar surface area (TPSA) is 24.9 Å². The van der Waals surface area contributed by atoms with Gasteiger partial charge in [0.15, 0.2) is 0 Å². The molecule has 0 aromatic carbocycles. The molecule has 0 radical (unpaired) electrons. The third-order valence-electron chi connectivity index (χ3n) is 1.75. The zero-order valence-corrected chi connectivity index (χ0v) is 8.55. The summed E-state index contributed by atoms with van der Waals surface area (Å²) >= 11 is 0. The van der Waals surface area contributed by atoms with Crippen molar-refractivity contribution >= 4 is 5.69 Å². The lowest BCUT2D eigenvalue weighted by Gasteiger charge is -2.03. The Kier molecular flexibility index (Phi) is 4.11. The molecule has 76 valence electrons. The number of rotatable bonds is 4. The van der Waals surface area contributed by atoms with Gasteiger partial charge in [0.1, 0.15) is 0 Å². The Hall–Kier alpha value is -1.38. The van der Waals surface area contributed by atoms with E-state index in [1.807, 2.05) is 0 Å². The van der Waals surface area contributed by atoms with Gasteiger partial charge in [-0.3, -0.25) is 0 Å². The highest BCUT2D eigenvalue weighted by molar-refractivity contribution is 5.41. The molecule has 0 unspecified atom stereocenters. The predicted octanol–water partition coefficient (Wildman–Crippen LogP) is 2.99. The van der Waals surface area contributed by atoms with Crippen molar-refractivity contribution in [2.75, 3.05) is 11.9 Å². The molecular weight excluding hydrogens is 179 g/mol. The quantitative estimate of drug-likeness (QED) is 0.453. The van der Waals surface area contributed by atoms with Gasteiger partial charge >= 0.3 is 0 Å². The zero-order valence-electron chi connectivity index (χ0n) is 8.55. The first-order chi connectivity index (χ1) is 6.68. The second-order valence-electron chi connectivity index (χ2n) is 3.36. The number of allylic oxidation sites excluding steroid dienone is 1. The number of anilines is 1. The summed E-state index contributed by atoms with van der Waals surface area (Å²) in [6.45, 7) is 4.94. The lowest BCUT2D eigenvalue weighted by Crippen LogP contribution is -2.00. The van der Waals surface area contributed by atoms with Crippen LogP contribution in [0.1, 0.15) is 20.3 Å². The van der Waals surface area contributed by atoms with E-state index < -0.39 is 5.95 Å². The Morgan fingerprint density at radius 3 is 3.00 bits per heavy atom. The monoisotopic (exact) mass is 194 g/mol. The molecule has 0 saturated carbocycles. The van der Waals surface area contributed by atoms with Crippen LogP contribution in [0.2, 0.25) is 0 Å². The van der Waals surface area contributed by atoms with E-state index in [0.717, 1.165) is 18.7 Å². The van der Waals surface area contributed by atoms with E-state index in [0.29, 0.717) is 0 Å². The lowest BCUT2D eigenvalue weighted by molar-refractivity contribution is 0.584. The summed E-state index contributed by atoms with van der Waals surface area (Å²) in [6.07, 6.45) is 4.55. The first-order valence-electron chi connectivity index (χ1n) is 4.67. The van der Waals surface area contributed by atoms with Crippen molar-refractivity contribution in [3.8, 4) is 0 Å². The van der Waals surface area contributed by atoms with Crippen LogP contribution in [0, 0.1) is 5.95 Å². The molecule has 0 aliphatic heterocycles. The van der Waals surface area contributed by atoms with Crippen LogP contribution in [0.3, 0.4) is 0 Å². The average molecular weight is 194 g/mol. The number of nitrogens with one attached hydrogen (secondary N) is 1. The van der Waals surface area contributed by atoms with Crippen molar-refractivity contribution in [3.63, 3.8) is 0 Å². The Morgan fingerprint density at radius 2 is 2.36 bits per heavy atom. The molecular formula is C11H15FN2. The number of hydrogen-bond donors (Lipinski definition) is 1. The standard InChI is InChI=1S/C11H15FN2/c1-9(2)4-3-6-13-10-5-7-14-11(12)8-10/h4-5,7-8H,3,6H2,1-2H3,(H,13,14). The summed E-state index contributed by atoms with van der Waals surface area (Å²) in [6, 6.07) is 3.15. The summed E-state index contributed by atoms with van der Waals surface area (Å²) in [4.78, 5) is 3.48. The molecule has 0 spiro atoms. The fourth-order valence-corrected chi connectivity index (χ4v) is 1.09. The first-order valence-corrected chi connectivity index (χ1v) is 4.67. The first kappa shape index (κ1) is 10.7. The SMILES string of the molecule is CC(C)=CCCNc1ccnc(F)c1. The maximum Gasteiger partial charge on any atom is 0.214 e. The molecule has 1 rings (SSSR count). The fourth-order valence-electron chi connectivity index (χ4n) is 1.09. The van der Waals surface area contributed by atoms with Crippen molar-refractivity contribution in [1.29, 1.82) is 0 Å². The van der Waals surface area contributed by atoms with Crippen LogP contribution >= 0.6 is 0 Å². The van der Waals surface area contributed by atoms with Crippen LogP contribution in [0.15, 0.2) is 30.0 Å². The maximum atomic E-state index is 12.6. The van der Waals surface area contributed by atoms with E-state index in [2.05, 4.69) is 30.2 Å². The average Bonchev–Trinajstić information content (AvgIpc) is 2.12. The third-order valence-corrected chi connectivity index (χ3v) is 1.75. The van der Waals surface area contributed by atoms with Crippen molar-refractivity contribution in [3.05, 3.63) is 35.9 Å². The van der Waals surface area contributed by atoms with Gasteiger partial charge in [-0.25, -0.2) is 4.98 Å². The van der Waals surface area contributed by atoms with Crippen molar-refractivity contribution in [1.82, 2.24) is 4.98 Å². The van der Waals surface area contributed by atoms with E-state index in [1.54, 1.807) is 6.07 Å². The Morgan fingerprint density at radius 1 is 1.57 bits per heavy atom. The highest BCUT2D eigenvalue weighted by atomic mass is 19.1. The van der Waals surface area contributed by atoms with Crippen LogP contribution in [0.4, 0.5) is 10.1 Å². The van der Waals surface area contributed by atoms with Crippen LogP contribution < -0.4 is 5.32 Å². The molecule has 14 heavy (non-hydrogen) atoms. The highest BCUT2D eigenvalue weighted by Crippen LogP contribution is 2.06. The maximum absolute atomic E-state index is 12.6. The van der Waals surface area contributed by atoms with Crippen LogP contribution in [-0.4, -0.2) is 11.5 Å². The molecule has 1 N–H and O–H groups in total. The summed E-state index contributed by atoms with van der Waals surface area (Å²) in [5.74, 6) is -0.447. The highest BCUT2D eigenvalue weighted by Gasteiger charge is 1.93. The normalized spacial score (nSPS) is 9.64. The second-order valence-corrected chi connectivity index (χ2v) is 3.36. The second kappa shape index (κ2) is 5.37. The largest absolute Gasteiger partial charge is 0.385 e. The molecule has 0 saturated heterocycles. The molecule has 0 bridgehead atoms. The van der Waals surface area contributed by atoms with Gasteiger partial charge in [-0.05, 0) is 26.3 Å². The number of pyridine rings is 1. The van der Waals surface area contributed by atoms with E-state index in [9.17, 15) is 4.39 Å². The van der Waals surface area contributed by atoms with E-state index in [-0.39, 0.29) is 0 Å². The summed E-state index contributed by atoms with van der Waals surface area (Å²) < 4.78 is 12.6. The van der Waals surface area contributed by atoms with Gasteiger partial charge < -0.3 is 5.32 Å². The predicted molar refractivity (Wildman–Crippen MR) is 56.7 cm³/mol. The van der Waals surface area contributed by atoms with E-state index in [4.69, 9.17) is 0 Å². The van der Waals surface area contributed by atoms with Gasteiger partial charge in [0.25, 0.3) is 0 Å². The number of aromatic nitrogens is 1. The van der Waals surface area contributed by atoms with Crippen LogP contribution in [-0.2, 0) is 0 Å². The fraction of sp³-hybridized carbons (Fsp3) is 0.364. The van der Waals surface area contributed by atoms with Gasteiger partial charge in [-0.1, -0.05) is 11.6 Å². The minimum absolute atomic E-state index is 0.447. The van der Waals surface area contributed by atoms with Gasteiger partial charge in [0, 0.05) is 24.5 Å². The molecule has 0 fully saturated rings. The van der Waals surface area contributed by atoms with E-state index in [1.165, 1.54) is 17.8 Å². The molecule has 0 aliphatic rings. The Balaban J connectivity index is 2.35. The van der Waals surface area contributed by atoms with Gasteiger partial charge in [-0.15, -0.1) is 0 Å². The third kappa shape index (κ3) is 4.03. The summed E-state index contributed by atoms with van der Waals surface area (Å²) in [5, 5.41) is 3.12. The molecule has 0 amide bonds. The molecule has 1 aromatic heterocycles. The molecule has 1 aromatic rings. The molecule has 1 heterocycles. The van der Waals surface area contributed by atoms with Crippen molar-refractivity contribution in [2.24, 2.45) is 0 Å². The Labute approximate surface area is 83.9 Å². The van der Waals surface area contributed by atoms with Gasteiger partial charge in [0.2, 0.25) is 5.95 Å². The number of nitrogens with zero attached hydrogens (tertiary/aromatic N) is 1. The Bertz CT molecular complexity index is 317. The van der Waals surface area contributed by atoms with Gasteiger partial charge in [-0.2, -0.15) is 4.39 Å². The van der Waals surface area contributed by atoms with Crippen LogP contribution in [0.5, 0.6) is 0 Å². The lowest BCUT2D eigenvalue weighted by atomic mass is 10.2. The summed E-state index contributed by atoms with van der Waals surface area (Å²) in [5.41, 5.74) is 2.08. The van der Waals surface area contributed by atoms with E-state index >= 15 is 0 Å². The molecule has 0 atom stereocenters. The molecule has 0 aliphatic carbocycles. The smallest absolute Gasteiger partial charge is 0.214 e. The number of hydrogen-bond acceptors (Lipinski definition) is 2. The van der Waals surface area contributed by atoms with Crippen molar-refractivity contribution in [2.45, 2.75) is 20.3 Å². The number of halogens is 1. The molecule has 3 heteroatoms. The zero-order chi connectivity index (χ0) is 10.4. The van der Waals surface area contributed by atoms with Crippen molar-refractivity contribution < 1.29 is 4.39 Å². The minimum Gasteiger partial charge on any atom is -0.385 e. The minimum atomic E-state index is -0.447. The molecule has 2 nitrogen and oxygen atoms in total.